The Balaban J connectivity index is 0. The van der Waals surface area contributed by atoms with Crippen molar-refractivity contribution < 1.29 is 4.79 Å². The summed E-state index contributed by atoms with van der Waals surface area (Å²) in [4.78, 5) is 13.9. The molecule has 0 radical (unpaired) electrons. The Bertz CT molecular complexity index is 440. The number of nitrogens with two attached hydrogens (primary N) is 1. The van der Waals surface area contributed by atoms with E-state index in [1.807, 2.05) is 24.3 Å². The molecule has 0 aliphatic carbocycles. The standard InChI is InChI=1S/C15H24ClN3O.2ClH/c1-4-19(5-2)14(10-18-15(20)11(3)17)12-8-6-7-9-13(12)16;;/h6-9,11,14H,4-5,10,17H2,1-3H3,(H,18,20);2*1H/t11-,14?;;/m1../s1. The molecular weight excluding hydrogens is 345 g/mol. The first kappa shape index (κ1) is 23.7. The number of carbonyl (C=O) groups excluding carboxylic acids is 1. The van der Waals surface area contributed by atoms with Crippen LogP contribution in [0.3, 0.4) is 0 Å². The van der Waals surface area contributed by atoms with E-state index in [0.717, 1.165) is 23.7 Å². The Morgan fingerprint density at radius 1 is 1.27 bits per heavy atom. The number of likely N-dealkylation sites (N-methyl/N-ethyl adjacent to an activating group) is 1. The van der Waals surface area contributed by atoms with Gasteiger partial charge in [0.05, 0.1) is 12.1 Å². The van der Waals surface area contributed by atoms with E-state index in [-0.39, 0.29) is 36.8 Å². The van der Waals surface area contributed by atoms with Gasteiger partial charge in [0.2, 0.25) is 5.91 Å². The molecule has 0 spiro atoms. The van der Waals surface area contributed by atoms with Gasteiger partial charge in [-0.2, -0.15) is 0 Å². The van der Waals surface area contributed by atoms with Crippen LogP contribution in [0.15, 0.2) is 24.3 Å². The number of benzene rings is 1. The summed E-state index contributed by atoms with van der Waals surface area (Å²) in [5.41, 5.74) is 6.61. The van der Waals surface area contributed by atoms with Crippen molar-refractivity contribution in [3.05, 3.63) is 34.9 Å². The highest BCUT2D eigenvalue weighted by Crippen LogP contribution is 2.26. The van der Waals surface area contributed by atoms with Crippen molar-refractivity contribution in [3.8, 4) is 0 Å². The molecule has 4 nitrogen and oxygen atoms in total. The molecule has 1 unspecified atom stereocenters. The molecule has 22 heavy (non-hydrogen) atoms. The molecule has 0 fully saturated rings. The van der Waals surface area contributed by atoms with Crippen molar-refractivity contribution in [3.63, 3.8) is 0 Å². The lowest BCUT2D eigenvalue weighted by Crippen LogP contribution is -2.43. The molecule has 1 aromatic rings. The summed E-state index contributed by atoms with van der Waals surface area (Å²) in [6, 6.07) is 7.31. The molecule has 7 heteroatoms. The molecule has 0 heterocycles. The van der Waals surface area contributed by atoms with Gasteiger partial charge in [0.15, 0.2) is 0 Å². The van der Waals surface area contributed by atoms with E-state index in [1.165, 1.54) is 0 Å². The van der Waals surface area contributed by atoms with Crippen LogP contribution in [0.2, 0.25) is 5.02 Å². The largest absolute Gasteiger partial charge is 0.353 e. The summed E-state index contributed by atoms with van der Waals surface area (Å²) in [6.45, 7) is 8.16. The zero-order chi connectivity index (χ0) is 15.1. The minimum Gasteiger partial charge on any atom is -0.353 e. The number of amides is 1. The molecule has 1 aromatic carbocycles. The fourth-order valence-corrected chi connectivity index (χ4v) is 2.47. The number of carbonyl (C=O) groups is 1. The third-order valence-corrected chi connectivity index (χ3v) is 3.74. The van der Waals surface area contributed by atoms with Gasteiger partial charge < -0.3 is 11.1 Å². The van der Waals surface area contributed by atoms with Crippen LogP contribution < -0.4 is 11.1 Å². The van der Waals surface area contributed by atoms with Crippen LogP contribution >= 0.6 is 36.4 Å². The number of nitrogens with one attached hydrogen (secondary N) is 1. The zero-order valence-electron chi connectivity index (χ0n) is 13.2. The van der Waals surface area contributed by atoms with Gasteiger partial charge in [0.25, 0.3) is 0 Å². The summed E-state index contributed by atoms with van der Waals surface area (Å²) in [5, 5.41) is 3.61. The normalized spacial score (nSPS) is 12.8. The number of nitrogens with zero attached hydrogens (tertiary/aromatic N) is 1. The van der Waals surface area contributed by atoms with Crippen molar-refractivity contribution in [1.29, 1.82) is 0 Å². The second-order valence-electron chi connectivity index (χ2n) is 4.79. The number of hydrogen-bond acceptors (Lipinski definition) is 3. The van der Waals surface area contributed by atoms with Crippen LogP contribution in [-0.4, -0.2) is 36.5 Å². The van der Waals surface area contributed by atoms with Crippen molar-refractivity contribution >= 4 is 42.3 Å². The third-order valence-electron chi connectivity index (χ3n) is 3.40. The maximum Gasteiger partial charge on any atom is 0.236 e. The Kier molecular flexibility index (Phi) is 12.9. The van der Waals surface area contributed by atoms with Gasteiger partial charge in [-0.15, -0.1) is 24.8 Å². The molecule has 0 aromatic heterocycles. The van der Waals surface area contributed by atoms with Gasteiger partial charge >= 0.3 is 0 Å². The third kappa shape index (κ3) is 6.71. The lowest BCUT2D eigenvalue weighted by molar-refractivity contribution is -0.122. The minimum atomic E-state index is -0.501. The summed E-state index contributed by atoms with van der Waals surface area (Å²) < 4.78 is 0. The summed E-state index contributed by atoms with van der Waals surface area (Å²) in [6.07, 6.45) is 0. The van der Waals surface area contributed by atoms with Crippen molar-refractivity contribution in [2.24, 2.45) is 5.73 Å². The van der Waals surface area contributed by atoms with E-state index in [9.17, 15) is 4.79 Å². The van der Waals surface area contributed by atoms with E-state index in [1.54, 1.807) is 6.92 Å². The van der Waals surface area contributed by atoms with Crippen LogP contribution in [0.1, 0.15) is 32.4 Å². The Labute approximate surface area is 150 Å². The molecule has 2 atom stereocenters. The highest BCUT2D eigenvalue weighted by Gasteiger charge is 2.21. The van der Waals surface area contributed by atoms with Gasteiger partial charge in [0, 0.05) is 11.6 Å². The number of hydrogen-bond donors (Lipinski definition) is 2. The Hall–Kier alpha value is -0.520. The van der Waals surface area contributed by atoms with E-state index in [0.29, 0.717) is 6.54 Å². The second kappa shape index (κ2) is 12.0. The highest BCUT2D eigenvalue weighted by atomic mass is 35.5. The number of rotatable bonds is 7. The Morgan fingerprint density at radius 2 is 1.82 bits per heavy atom. The van der Waals surface area contributed by atoms with E-state index >= 15 is 0 Å². The second-order valence-corrected chi connectivity index (χ2v) is 5.20. The van der Waals surface area contributed by atoms with Gasteiger partial charge in [-0.1, -0.05) is 43.6 Å². The molecule has 0 saturated carbocycles. The van der Waals surface area contributed by atoms with Crippen molar-refractivity contribution in [2.75, 3.05) is 19.6 Å². The lowest BCUT2D eigenvalue weighted by atomic mass is 10.0. The first-order valence-electron chi connectivity index (χ1n) is 7.03. The predicted molar refractivity (Wildman–Crippen MR) is 98.3 cm³/mol. The molecule has 0 aliphatic heterocycles. The first-order chi connectivity index (χ1) is 9.51. The molecule has 1 rings (SSSR count). The quantitative estimate of drug-likeness (QED) is 0.775. The molecule has 128 valence electrons. The lowest BCUT2D eigenvalue weighted by Gasteiger charge is -2.31. The maximum absolute atomic E-state index is 11.7. The van der Waals surface area contributed by atoms with E-state index < -0.39 is 6.04 Å². The summed E-state index contributed by atoms with van der Waals surface area (Å²) >= 11 is 6.29. The van der Waals surface area contributed by atoms with Crippen LogP contribution in [0.5, 0.6) is 0 Å². The monoisotopic (exact) mass is 369 g/mol. The highest BCUT2D eigenvalue weighted by molar-refractivity contribution is 6.31. The average Bonchev–Trinajstić information content (AvgIpc) is 2.44. The Morgan fingerprint density at radius 3 is 2.27 bits per heavy atom. The minimum absolute atomic E-state index is 0. The molecule has 1 amide bonds. The maximum atomic E-state index is 11.7. The van der Waals surface area contributed by atoms with E-state index in [2.05, 4.69) is 24.1 Å². The van der Waals surface area contributed by atoms with Gasteiger partial charge in [-0.25, -0.2) is 0 Å². The molecule has 0 saturated heterocycles. The van der Waals surface area contributed by atoms with Crippen molar-refractivity contribution in [1.82, 2.24) is 10.2 Å². The van der Waals surface area contributed by atoms with E-state index in [4.69, 9.17) is 17.3 Å². The summed E-state index contributed by atoms with van der Waals surface area (Å²) in [5.74, 6) is -0.144. The topological polar surface area (TPSA) is 58.4 Å². The van der Waals surface area contributed by atoms with Crippen LogP contribution in [0.25, 0.3) is 0 Å². The van der Waals surface area contributed by atoms with Crippen LogP contribution in [0, 0.1) is 0 Å². The molecule has 3 N–H and O–H groups in total. The van der Waals surface area contributed by atoms with Crippen molar-refractivity contribution in [2.45, 2.75) is 32.9 Å². The summed E-state index contributed by atoms with van der Waals surface area (Å²) in [7, 11) is 0. The molecule has 0 bridgehead atoms. The zero-order valence-corrected chi connectivity index (χ0v) is 15.6. The SMILES string of the molecule is CCN(CC)C(CNC(=O)[C@@H](C)N)c1ccccc1Cl.Cl.Cl. The fraction of sp³-hybridized carbons (Fsp3) is 0.533. The average molecular weight is 371 g/mol. The van der Waals surface area contributed by atoms with Crippen LogP contribution in [0.4, 0.5) is 0 Å². The van der Waals surface area contributed by atoms with Gasteiger partial charge in [-0.3, -0.25) is 9.69 Å². The number of halogens is 3. The molecule has 0 aliphatic rings. The smallest absolute Gasteiger partial charge is 0.236 e. The molecular formula is C15H26Cl3N3O. The van der Waals surface area contributed by atoms with Gasteiger partial charge in [0.1, 0.15) is 0 Å². The first-order valence-corrected chi connectivity index (χ1v) is 7.40. The van der Waals surface area contributed by atoms with Gasteiger partial charge in [-0.05, 0) is 31.6 Å². The van der Waals surface area contributed by atoms with Crippen LogP contribution in [-0.2, 0) is 4.79 Å². The fourth-order valence-electron chi connectivity index (χ4n) is 2.20. The predicted octanol–water partition coefficient (Wildman–Crippen LogP) is 3.03.